The molecule has 0 saturated carbocycles. The van der Waals surface area contributed by atoms with Crippen molar-refractivity contribution in [1.82, 2.24) is 19.0 Å². The molecule has 0 N–H and O–H groups in total. The number of benzene rings is 1. The first-order valence-corrected chi connectivity index (χ1v) is 11.7. The number of fused-ring (bicyclic) bond motifs is 1. The van der Waals surface area contributed by atoms with Gasteiger partial charge in [0.05, 0.1) is 16.5 Å². The molecule has 0 bridgehead atoms. The molecule has 2 amide bonds. The minimum absolute atomic E-state index is 0.00168. The fourth-order valence-corrected chi connectivity index (χ4v) is 5.98. The second-order valence-electron chi connectivity index (χ2n) is 8.39. The maximum atomic E-state index is 13.7. The molecule has 1 saturated heterocycles. The summed E-state index contributed by atoms with van der Waals surface area (Å²) in [5, 5.41) is 4.42. The first-order chi connectivity index (χ1) is 14.6. The molecule has 4 rings (SSSR count). The Morgan fingerprint density at radius 2 is 2.00 bits per heavy atom. The van der Waals surface area contributed by atoms with Crippen LogP contribution in [0.15, 0.2) is 29.3 Å². The number of rotatable bonds is 4. The minimum Gasteiger partial charge on any atom is -0.348 e. The van der Waals surface area contributed by atoms with Gasteiger partial charge in [-0.3, -0.25) is 14.3 Å². The van der Waals surface area contributed by atoms with Crippen LogP contribution in [0.5, 0.6) is 0 Å². The maximum absolute atomic E-state index is 13.7. The first-order valence-electron chi connectivity index (χ1n) is 10.2. The molecule has 2 aliphatic rings. The molecule has 9 nitrogen and oxygen atoms in total. The van der Waals surface area contributed by atoms with Crippen LogP contribution in [-0.4, -0.2) is 66.4 Å². The lowest BCUT2D eigenvalue weighted by molar-refractivity contribution is -0.130. The van der Waals surface area contributed by atoms with E-state index < -0.39 is 15.9 Å². The number of amides is 2. The van der Waals surface area contributed by atoms with E-state index >= 15 is 0 Å². The lowest BCUT2D eigenvalue weighted by atomic mass is 9.97. The van der Waals surface area contributed by atoms with E-state index in [-0.39, 0.29) is 29.8 Å². The SMILES string of the molecule is Cc1ccc(N2CCCC2=O)cc1S(=O)(=O)N1Cc2cn(C)nc2C(C(=O)N(C)C)C1. The number of likely N-dealkylation sites (N-methyl/N-ethyl adjacent to an activating group) is 1. The van der Waals surface area contributed by atoms with E-state index in [4.69, 9.17) is 0 Å². The standard InChI is InChI=1S/C21H27N5O4S/c1-14-7-8-16(26-9-5-6-19(26)27)10-18(14)31(29,30)25-12-15-11-24(4)22-20(15)17(13-25)21(28)23(2)3/h7-8,10-11,17H,5-6,9,12-13H2,1-4H3. The Morgan fingerprint density at radius 1 is 1.26 bits per heavy atom. The van der Waals surface area contributed by atoms with Gasteiger partial charge >= 0.3 is 0 Å². The molecular formula is C21H27N5O4S. The van der Waals surface area contributed by atoms with Gasteiger partial charge in [-0.15, -0.1) is 0 Å². The molecular weight excluding hydrogens is 418 g/mol. The average Bonchev–Trinajstić information content (AvgIpc) is 3.31. The second-order valence-corrected chi connectivity index (χ2v) is 10.3. The van der Waals surface area contributed by atoms with Gasteiger partial charge < -0.3 is 9.80 Å². The molecule has 2 aliphatic heterocycles. The van der Waals surface area contributed by atoms with Crippen LogP contribution in [0.4, 0.5) is 5.69 Å². The van der Waals surface area contributed by atoms with Crippen molar-refractivity contribution in [2.24, 2.45) is 7.05 Å². The van der Waals surface area contributed by atoms with Crippen molar-refractivity contribution in [2.45, 2.75) is 37.1 Å². The molecule has 1 aromatic heterocycles. The molecule has 1 atom stereocenters. The monoisotopic (exact) mass is 445 g/mol. The molecule has 10 heteroatoms. The van der Waals surface area contributed by atoms with Gasteiger partial charge in [0.15, 0.2) is 0 Å². The van der Waals surface area contributed by atoms with Crippen LogP contribution in [0.1, 0.15) is 35.6 Å². The summed E-state index contributed by atoms with van der Waals surface area (Å²) >= 11 is 0. The highest BCUT2D eigenvalue weighted by molar-refractivity contribution is 7.89. The third-order valence-electron chi connectivity index (χ3n) is 5.91. The lowest BCUT2D eigenvalue weighted by Crippen LogP contribution is -2.43. The van der Waals surface area contributed by atoms with Gasteiger partial charge in [-0.25, -0.2) is 8.42 Å². The third-order valence-corrected chi connectivity index (χ3v) is 7.87. The molecule has 1 aromatic carbocycles. The zero-order valence-corrected chi connectivity index (χ0v) is 19.0. The summed E-state index contributed by atoms with van der Waals surface area (Å²) in [6.07, 6.45) is 3.00. The van der Waals surface area contributed by atoms with Crippen molar-refractivity contribution in [3.8, 4) is 0 Å². The van der Waals surface area contributed by atoms with E-state index in [0.717, 1.165) is 12.0 Å². The number of nitrogens with zero attached hydrogens (tertiary/aromatic N) is 5. The molecule has 166 valence electrons. The van der Waals surface area contributed by atoms with Crippen molar-refractivity contribution in [1.29, 1.82) is 0 Å². The fraction of sp³-hybridized carbons (Fsp3) is 0.476. The normalized spacial score (nSPS) is 19.5. The highest BCUT2D eigenvalue weighted by atomic mass is 32.2. The number of aromatic nitrogens is 2. The molecule has 2 aromatic rings. The second kappa shape index (κ2) is 7.76. The van der Waals surface area contributed by atoms with E-state index in [1.807, 2.05) is 0 Å². The summed E-state index contributed by atoms with van der Waals surface area (Å²) in [5.41, 5.74) is 2.54. The number of carbonyl (C=O) groups excluding carboxylic acids is 2. The highest BCUT2D eigenvalue weighted by Crippen LogP contribution is 2.34. The van der Waals surface area contributed by atoms with Crippen LogP contribution in [0.25, 0.3) is 0 Å². The summed E-state index contributed by atoms with van der Waals surface area (Å²) in [6.45, 7) is 2.50. The largest absolute Gasteiger partial charge is 0.348 e. The molecule has 0 spiro atoms. The Hall–Kier alpha value is -2.72. The smallest absolute Gasteiger partial charge is 0.243 e. The van der Waals surface area contributed by atoms with Gasteiger partial charge in [-0.05, 0) is 31.0 Å². The van der Waals surface area contributed by atoms with Crippen LogP contribution >= 0.6 is 0 Å². The zero-order valence-electron chi connectivity index (χ0n) is 18.2. The average molecular weight is 446 g/mol. The number of hydrogen-bond acceptors (Lipinski definition) is 5. The fourth-order valence-electron chi connectivity index (χ4n) is 4.30. The van der Waals surface area contributed by atoms with E-state index in [2.05, 4.69) is 5.10 Å². The summed E-state index contributed by atoms with van der Waals surface area (Å²) in [6, 6.07) is 5.09. The van der Waals surface area contributed by atoms with Crippen LogP contribution in [0.2, 0.25) is 0 Å². The van der Waals surface area contributed by atoms with Gasteiger partial charge in [-0.2, -0.15) is 9.40 Å². The number of hydrogen-bond donors (Lipinski definition) is 0. The first kappa shape index (κ1) is 21.5. The van der Waals surface area contributed by atoms with Crippen LogP contribution < -0.4 is 4.90 Å². The van der Waals surface area contributed by atoms with Gasteiger partial charge in [0.1, 0.15) is 0 Å². The number of anilines is 1. The van der Waals surface area contributed by atoms with Gasteiger partial charge in [0, 0.05) is 64.6 Å². The Morgan fingerprint density at radius 3 is 2.65 bits per heavy atom. The van der Waals surface area contributed by atoms with Crippen LogP contribution in [0, 0.1) is 6.92 Å². The van der Waals surface area contributed by atoms with Gasteiger partial charge in [0.25, 0.3) is 0 Å². The lowest BCUT2D eigenvalue weighted by Gasteiger charge is -2.32. The van der Waals surface area contributed by atoms with Crippen molar-refractivity contribution < 1.29 is 18.0 Å². The van der Waals surface area contributed by atoms with Crippen molar-refractivity contribution >= 4 is 27.5 Å². The van der Waals surface area contributed by atoms with E-state index in [0.29, 0.717) is 29.9 Å². The Kier molecular flexibility index (Phi) is 5.38. The molecule has 1 unspecified atom stereocenters. The Labute approximate surface area is 182 Å². The van der Waals surface area contributed by atoms with Crippen molar-refractivity contribution in [3.05, 3.63) is 41.2 Å². The van der Waals surface area contributed by atoms with Crippen LogP contribution in [-0.2, 0) is 33.2 Å². The maximum Gasteiger partial charge on any atom is 0.243 e. The van der Waals surface area contributed by atoms with E-state index in [9.17, 15) is 18.0 Å². The predicted molar refractivity (Wildman–Crippen MR) is 115 cm³/mol. The molecule has 3 heterocycles. The Balaban J connectivity index is 1.74. The summed E-state index contributed by atoms with van der Waals surface area (Å²) in [5.74, 6) is -0.854. The molecule has 0 radical (unpaired) electrons. The summed E-state index contributed by atoms with van der Waals surface area (Å²) in [7, 11) is 1.16. The summed E-state index contributed by atoms with van der Waals surface area (Å²) < 4.78 is 30.3. The highest BCUT2D eigenvalue weighted by Gasteiger charge is 2.40. The quantitative estimate of drug-likeness (QED) is 0.705. The topological polar surface area (TPSA) is 95.8 Å². The molecule has 1 fully saturated rings. The van der Waals surface area contributed by atoms with E-state index in [1.54, 1.807) is 62.0 Å². The predicted octanol–water partition coefficient (Wildman–Crippen LogP) is 1.23. The zero-order chi connectivity index (χ0) is 22.5. The molecule has 0 aliphatic carbocycles. The minimum atomic E-state index is -3.90. The van der Waals surface area contributed by atoms with Gasteiger partial charge in [0.2, 0.25) is 21.8 Å². The van der Waals surface area contributed by atoms with Crippen molar-refractivity contribution in [2.75, 3.05) is 32.1 Å². The van der Waals surface area contributed by atoms with E-state index in [1.165, 1.54) is 9.21 Å². The number of sulfonamides is 1. The van der Waals surface area contributed by atoms with Gasteiger partial charge in [-0.1, -0.05) is 6.07 Å². The number of carbonyl (C=O) groups is 2. The summed E-state index contributed by atoms with van der Waals surface area (Å²) in [4.78, 5) is 28.2. The Bertz CT molecular complexity index is 1150. The number of aryl methyl sites for hydroxylation is 2. The molecule has 31 heavy (non-hydrogen) atoms. The van der Waals surface area contributed by atoms with Crippen molar-refractivity contribution in [3.63, 3.8) is 0 Å². The van der Waals surface area contributed by atoms with Crippen LogP contribution in [0.3, 0.4) is 0 Å². The third kappa shape index (κ3) is 3.74.